The number of para-hydroxylation sites is 1. The summed E-state index contributed by atoms with van der Waals surface area (Å²) in [5.74, 6) is 0.104. The van der Waals surface area contributed by atoms with Crippen LogP contribution in [-0.2, 0) is 0 Å². The number of rotatable bonds is 4. The fourth-order valence-corrected chi connectivity index (χ4v) is 4.46. The third-order valence-corrected chi connectivity index (χ3v) is 6.09. The fourth-order valence-electron chi connectivity index (χ4n) is 4.46. The van der Waals surface area contributed by atoms with Gasteiger partial charge in [0, 0.05) is 50.6 Å². The first-order chi connectivity index (χ1) is 13.8. The van der Waals surface area contributed by atoms with Crippen LogP contribution in [0.2, 0.25) is 0 Å². The molecule has 1 amide bonds. The number of pyridine rings is 1. The van der Waals surface area contributed by atoms with Gasteiger partial charge in [-0.2, -0.15) is 0 Å². The zero-order chi connectivity index (χ0) is 19.3. The number of hydrogen-bond donors (Lipinski definition) is 0. The topological polar surface area (TPSA) is 39.7 Å². The molecule has 0 N–H and O–H groups in total. The lowest BCUT2D eigenvalue weighted by Gasteiger charge is -2.37. The number of benzene rings is 1. The normalized spacial score (nSPS) is 20.3. The molecule has 1 aromatic carbocycles. The smallest absolute Gasteiger partial charge is 0.255 e. The van der Waals surface area contributed by atoms with Crippen LogP contribution in [0.3, 0.4) is 0 Å². The van der Waals surface area contributed by atoms with Crippen molar-refractivity contribution in [2.24, 2.45) is 0 Å². The van der Waals surface area contributed by atoms with Crippen molar-refractivity contribution in [2.75, 3.05) is 42.5 Å². The van der Waals surface area contributed by atoms with Crippen LogP contribution in [0.1, 0.15) is 43.0 Å². The molecule has 28 heavy (non-hydrogen) atoms. The molecule has 0 saturated carbocycles. The minimum Gasteiger partial charge on any atom is -0.368 e. The minimum absolute atomic E-state index is 0.104. The quantitative estimate of drug-likeness (QED) is 0.811. The molecule has 5 heteroatoms. The molecule has 3 heterocycles. The van der Waals surface area contributed by atoms with E-state index >= 15 is 0 Å². The van der Waals surface area contributed by atoms with Crippen LogP contribution in [0.15, 0.2) is 48.8 Å². The van der Waals surface area contributed by atoms with Gasteiger partial charge in [-0.05, 0) is 43.9 Å². The molecule has 0 radical (unpaired) electrons. The van der Waals surface area contributed by atoms with E-state index in [0.717, 1.165) is 44.8 Å². The highest BCUT2D eigenvalue weighted by atomic mass is 16.2. The second kappa shape index (κ2) is 8.63. The molecular weight excluding hydrogens is 348 g/mol. The Bertz CT molecular complexity index is 786. The number of piperidine rings is 1. The number of anilines is 2. The fraction of sp³-hybridized carbons (Fsp3) is 0.478. The van der Waals surface area contributed by atoms with Gasteiger partial charge >= 0.3 is 0 Å². The number of piperazine rings is 1. The second-order valence-electron chi connectivity index (χ2n) is 7.80. The summed E-state index contributed by atoms with van der Waals surface area (Å²) in [5, 5.41) is 0. The summed E-state index contributed by atoms with van der Waals surface area (Å²) in [7, 11) is 0. The zero-order valence-electron chi connectivity index (χ0n) is 16.8. The molecule has 1 atom stereocenters. The SMILES string of the molecule is CCC1CCCCN1c1cncc(C(=O)N2CCN(c3ccccc3)CC2)c1. The molecule has 2 aromatic rings. The number of carbonyl (C=O) groups excluding carboxylic acids is 1. The second-order valence-corrected chi connectivity index (χ2v) is 7.80. The lowest BCUT2D eigenvalue weighted by atomic mass is 9.99. The summed E-state index contributed by atoms with van der Waals surface area (Å²) in [6, 6.07) is 13.0. The lowest BCUT2D eigenvalue weighted by molar-refractivity contribution is 0.0746. The van der Waals surface area contributed by atoms with Crippen molar-refractivity contribution in [1.82, 2.24) is 9.88 Å². The monoisotopic (exact) mass is 378 g/mol. The standard InChI is InChI=1S/C23H30N4O/c1-2-20-8-6-7-11-27(20)22-16-19(17-24-18-22)23(28)26-14-12-25(13-15-26)21-9-4-3-5-10-21/h3-5,9-10,16-18,20H,2,6-8,11-15H2,1H3. The Labute approximate surface area is 168 Å². The molecule has 148 valence electrons. The van der Waals surface area contributed by atoms with E-state index < -0.39 is 0 Å². The van der Waals surface area contributed by atoms with Gasteiger partial charge in [0.2, 0.25) is 0 Å². The van der Waals surface area contributed by atoms with Gasteiger partial charge < -0.3 is 14.7 Å². The average molecular weight is 379 g/mol. The van der Waals surface area contributed by atoms with Crippen molar-refractivity contribution in [1.29, 1.82) is 0 Å². The van der Waals surface area contributed by atoms with Crippen LogP contribution in [0.5, 0.6) is 0 Å². The Morgan fingerprint density at radius 1 is 1.00 bits per heavy atom. The van der Waals surface area contributed by atoms with Crippen molar-refractivity contribution in [3.05, 3.63) is 54.4 Å². The Morgan fingerprint density at radius 3 is 2.54 bits per heavy atom. The van der Waals surface area contributed by atoms with Crippen LogP contribution < -0.4 is 9.80 Å². The maximum atomic E-state index is 13.1. The van der Waals surface area contributed by atoms with Crippen LogP contribution in [0, 0.1) is 0 Å². The Kier molecular flexibility index (Phi) is 5.79. The lowest BCUT2D eigenvalue weighted by Crippen LogP contribution is -2.48. The van der Waals surface area contributed by atoms with E-state index in [2.05, 4.69) is 46.0 Å². The number of hydrogen-bond acceptors (Lipinski definition) is 4. The molecule has 2 saturated heterocycles. The highest BCUT2D eigenvalue weighted by Gasteiger charge is 2.25. The molecular formula is C23H30N4O. The van der Waals surface area contributed by atoms with E-state index in [1.807, 2.05) is 23.2 Å². The van der Waals surface area contributed by atoms with Gasteiger partial charge in [0.05, 0.1) is 17.4 Å². The van der Waals surface area contributed by atoms with Crippen LogP contribution >= 0.6 is 0 Å². The third-order valence-electron chi connectivity index (χ3n) is 6.09. The first-order valence-corrected chi connectivity index (χ1v) is 10.6. The van der Waals surface area contributed by atoms with E-state index in [9.17, 15) is 4.79 Å². The van der Waals surface area contributed by atoms with Crippen molar-refractivity contribution in [3.63, 3.8) is 0 Å². The summed E-state index contributed by atoms with van der Waals surface area (Å²) in [6.07, 6.45) is 8.52. The summed E-state index contributed by atoms with van der Waals surface area (Å²) in [6.45, 7) is 6.55. The largest absolute Gasteiger partial charge is 0.368 e. The van der Waals surface area contributed by atoms with E-state index in [0.29, 0.717) is 11.6 Å². The maximum Gasteiger partial charge on any atom is 0.255 e. The predicted octanol–water partition coefficient (Wildman–Crippen LogP) is 3.81. The molecule has 0 spiro atoms. The molecule has 5 nitrogen and oxygen atoms in total. The number of amides is 1. The van der Waals surface area contributed by atoms with Gasteiger partial charge in [0.15, 0.2) is 0 Å². The molecule has 0 aliphatic carbocycles. The molecule has 2 fully saturated rings. The third kappa shape index (κ3) is 3.98. The highest BCUT2D eigenvalue weighted by Crippen LogP contribution is 2.27. The van der Waals surface area contributed by atoms with Crippen LogP contribution in [-0.4, -0.2) is 54.6 Å². The molecule has 1 unspecified atom stereocenters. The molecule has 2 aliphatic rings. The summed E-state index contributed by atoms with van der Waals surface area (Å²) >= 11 is 0. The molecule has 0 bridgehead atoms. The van der Waals surface area contributed by atoms with Crippen molar-refractivity contribution in [3.8, 4) is 0 Å². The first-order valence-electron chi connectivity index (χ1n) is 10.6. The number of nitrogens with zero attached hydrogens (tertiary/aromatic N) is 4. The molecule has 4 rings (SSSR count). The van der Waals surface area contributed by atoms with Crippen LogP contribution in [0.25, 0.3) is 0 Å². The first kappa shape index (κ1) is 18.8. The van der Waals surface area contributed by atoms with Gasteiger partial charge in [0.25, 0.3) is 5.91 Å². The maximum absolute atomic E-state index is 13.1. The van der Waals surface area contributed by atoms with Crippen molar-refractivity contribution in [2.45, 2.75) is 38.6 Å². The van der Waals surface area contributed by atoms with E-state index in [1.165, 1.54) is 24.9 Å². The van der Waals surface area contributed by atoms with Crippen molar-refractivity contribution < 1.29 is 4.79 Å². The Hall–Kier alpha value is -2.56. The summed E-state index contributed by atoms with van der Waals surface area (Å²) < 4.78 is 0. The van der Waals surface area contributed by atoms with Crippen LogP contribution in [0.4, 0.5) is 11.4 Å². The Balaban J connectivity index is 1.43. The predicted molar refractivity (Wildman–Crippen MR) is 114 cm³/mol. The molecule has 1 aromatic heterocycles. The molecule has 2 aliphatic heterocycles. The van der Waals surface area contributed by atoms with Gasteiger partial charge in [-0.3, -0.25) is 9.78 Å². The summed E-state index contributed by atoms with van der Waals surface area (Å²) in [5.41, 5.74) is 3.04. The van der Waals surface area contributed by atoms with Crippen molar-refractivity contribution >= 4 is 17.3 Å². The zero-order valence-corrected chi connectivity index (χ0v) is 16.8. The number of aromatic nitrogens is 1. The minimum atomic E-state index is 0.104. The van der Waals surface area contributed by atoms with Gasteiger partial charge in [0.1, 0.15) is 0 Å². The van der Waals surface area contributed by atoms with E-state index in [1.54, 1.807) is 6.20 Å². The number of carbonyl (C=O) groups is 1. The van der Waals surface area contributed by atoms with E-state index in [4.69, 9.17) is 0 Å². The van der Waals surface area contributed by atoms with Gasteiger partial charge in [-0.1, -0.05) is 25.1 Å². The van der Waals surface area contributed by atoms with Gasteiger partial charge in [-0.25, -0.2) is 0 Å². The Morgan fingerprint density at radius 2 is 1.79 bits per heavy atom. The van der Waals surface area contributed by atoms with E-state index in [-0.39, 0.29) is 5.91 Å². The summed E-state index contributed by atoms with van der Waals surface area (Å²) in [4.78, 5) is 24.2. The highest BCUT2D eigenvalue weighted by molar-refractivity contribution is 5.95. The van der Waals surface area contributed by atoms with Gasteiger partial charge in [-0.15, -0.1) is 0 Å². The average Bonchev–Trinajstić information content (AvgIpc) is 2.79.